The van der Waals surface area contributed by atoms with E-state index in [2.05, 4.69) is 5.32 Å². The highest BCUT2D eigenvalue weighted by Gasteiger charge is 2.19. The van der Waals surface area contributed by atoms with Crippen molar-refractivity contribution in [2.75, 3.05) is 11.9 Å². The average molecular weight is 347 g/mol. The van der Waals surface area contributed by atoms with Crippen molar-refractivity contribution < 1.29 is 4.74 Å². The second-order valence-electron chi connectivity index (χ2n) is 5.55. The van der Waals surface area contributed by atoms with Crippen molar-refractivity contribution in [2.24, 2.45) is 14.1 Å². The van der Waals surface area contributed by atoms with Crippen molar-refractivity contribution in [3.05, 3.63) is 54.7 Å². The maximum atomic E-state index is 12.1. The molecular weight excluding hydrogens is 332 g/mol. The molecule has 0 radical (unpaired) electrons. The van der Waals surface area contributed by atoms with Crippen LogP contribution in [0.5, 0.6) is 5.75 Å². The Morgan fingerprint density at radius 2 is 2.08 bits per heavy atom. The highest BCUT2D eigenvalue weighted by Crippen LogP contribution is 2.33. The average Bonchev–Trinajstić information content (AvgIpc) is 3.03. The van der Waals surface area contributed by atoms with E-state index < -0.39 is 11.2 Å². The van der Waals surface area contributed by atoms with Gasteiger partial charge in [0, 0.05) is 37.6 Å². The van der Waals surface area contributed by atoms with E-state index in [-0.39, 0.29) is 17.9 Å². The second-order valence-corrected chi connectivity index (χ2v) is 5.98. The van der Waals surface area contributed by atoms with Gasteiger partial charge < -0.3 is 10.1 Å². The van der Waals surface area contributed by atoms with Gasteiger partial charge in [-0.3, -0.25) is 13.9 Å². The fourth-order valence-electron chi connectivity index (χ4n) is 2.81. The lowest BCUT2D eigenvalue weighted by Crippen LogP contribution is -2.39. The van der Waals surface area contributed by atoms with Crippen molar-refractivity contribution >= 4 is 17.4 Å². The molecule has 2 heterocycles. The molecule has 0 amide bonds. The predicted octanol–water partition coefficient (Wildman–Crippen LogP) is 1.16. The fraction of sp³-hybridized carbons (Fsp3) is 0.312. The molecule has 1 aliphatic rings. The summed E-state index contributed by atoms with van der Waals surface area (Å²) in [5.41, 5.74) is 0.591. The van der Waals surface area contributed by atoms with Crippen LogP contribution >= 0.6 is 11.6 Å². The summed E-state index contributed by atoms with van der Waals surface area (Å²) in [6.07, 6.45) is 0.788. The van der Waals surface area contributed by atoms with Gasteiger partial charge in [0.25, 0.3) is 5.56 Å². The normalized spacial score (nSPS) is 12.4. The van der Waals surface area contributed by atoms with Gasteiger partial charge in [0.2, 0.25) is 0 Å². The van der Waals surface area contributed by atoms with E-state index in [0.29, 0.717) is 11.6 Å². The number of hydrogen-bond donors (Lipinski definition) is 1. The van der Waals surface area contributed by atoms with E-state index in [1.807, 2.05) is 12.1 Å². The molecule has 1 N–H and O–H groups in total. The first-order valence-electron chi connectivity index (χ1n) is 7.32. The Morgan fingerprint density at radius 1 is 1.33 bits per heavy atom. The van der Waals surface area contributed by atoms with Gasteiger partial charge in [-0.25, -0.2) is 4.79 Å². The molecule has 0 fully saturated rings. The number of aromatic nitrogens is 2. The molecule has 24 heavy (non-hydrogen) atoms. The Balaban J connectivity index is 2.02. The van der Waals surface area contributed by atoms with Gasteiger partial charge >= 0.3 is 5.69 Å². The molecule has 0 saturated heterocycles. The number of nitrogens with zero attached hydrogens (tertiary/aromatic N) is 3. The zero-order valence-corrected chi connectivity index (χ0v) is 14.0. The van der Waals surface area contributed by atoms with Crippen LogP contribution in [0, 0.1) is 11.3 Å². The molecule has 0 bridgehead atoms. The SMILES string of the molecule is Cn1c(NCc2cc(Cl)cc3c2OCC3)c(C#N)c(=O)n(C)c1=O. The minimum atomic E-state index is -0.629. The molecule has 1 aliphatic heterocycles. The van der Waals surface area contributed by atoms with Gasteiger partial charge in [-0.05, 0) is 17.7 Å². The molecule has 0 unspecified atom stereocenters. The van der Waals surface area contributed by atoms with Gasteiger partial charge in [-0.15, -0.1) is 0 Å². The summed E-state index contributed by atoms with van der Waals surface area (Å²) < 4.78 is 7.78. The van der Waals surface area contributed by atoms with Crippen LogP contribution < -0.4 is 21.3 Å². The summed E-state index contributed by atoms with van der Waals surface area (Å²) >= 11 is 6.13. The topological polar surface area (TPSA) is 89.1 Å². The fourth-order valence-corrected chi connectivity index (χ4v) is 3.07. The number of fused-ring (bicyclic) bond motifs is 1. The molecule has 7 nitrogen and oxygen atoms in total. The second kappa shape index (κ2) is 6.06. The minimum Gasteiger partial charge on any atom is -0.493 e. The Morgan fingerprint density at radius 3 is 2.79 bits per heavy atom. The van der Waals surface area contributed by atoms with Gasteiger partial charge in [0.1, 0.15) is 17.6 Å². The van der Waals surface area contributed by atoms with Crippen LogP contribution in [0.2, 0.25) is 5.02 Å². The number of benzene rings is 1. The van der Waals surface area contributed by atoms with Crippen molar-refractivity contribution in [1.29, 1.82) is 5.26 Å². The molecule has 1 aromatic carbocycles. The number of rotatable bonds is 3. The Bertz CT molecular complexity index is 985. The minimum absolute atomic E-state index is 0.112. The van der Waals surface area contributed by atoms with Gasteiger partial charge in [-0.2, -0.15) is 5.26 Å². The van der Waals surface area contributed by atoms with Crippen LogP contribution in [0.25, 0.3) is 0 Å². The quantitative estimate of drug-likeness (QED) is 0.900. The van der Waals surface area contributed by atoms with Gasteiger partial charge in [0.15, 0.2) is 5.56 Å². The van der Waals surface area contributed by atoms with E-state index in [9.17, 15) is 14.9 Å². The lowest BCUT2D eigenvalue weighted by atomic mass is 10.1. The van der Waals surface area contributed by atoms with E-state index >= 15 is 0 Å². The molecule has 2 aromatic rings. The predicted molar refractivity (Wildman–Crippen MR) is 89.6 cm³/mol. The van der Waals surface area contributed by atoms with Crippen LogP contribution in [0.1, 0.15) is 16.7 Å². The summed E-state index contributed by atoms with van der Waals surface area (Å²) in [6, 6.07) is 5.49. The summed E-state index contributed by atoms with van der Waals surface area (Å²) in [4.78, 5) is 24.1. The Labute approximate surface area is 142 Å². The third-order valence-electron chi connectivity index (χ3n) is 4.05. The van der Waals surface area contributed by atoms with Crippen LogP contribution in [-0.4, -0.2) is 15.7 Å². The van der Waals surface area contributed by atoms with Crippen LogP contribution in [0.3, 0.4) is 0 Å². The van der Waals surface area contributed by atoms with Crippen molar-refractivity contribution in [1.82, 2.24) is 9.13 Å². The molecule has 0 atom stereocenters. The van der Waals surface area contributed by atoms with Crippen molar-refractivity contribution in [2.45, 2.75) is 13.0 Å². The lowest BCUT2D eigenvalue weighted by molar-refractivity contribution is 0.354. The van der Waals surface area contributed by atoms with E-state index in [1.54, 1.807) is 6.07 Å². The summed E-state index contributed by atoms with van der Waals surface area (Å²) in [5.74, 6) is 0.941. The summed E-state index contributed by atoms with van der Waals surface area (Å²) in [6.45, 7) is 0.870. The third kappa shape index (κ3) is 2.55. The lowest BCUT2D eigenvalue weighted by Gasteiger charge is -2.15. The largest absolute Gasteiger partial charge is 0.493 e. The third-order valence-corrected chi connectivity index (χ3v) is 4.27. The van der Waals surface area contributed by atoms with E-state index in [1.165, 1.54) is 18.7 Å². The smallest absolute Gasteiger partial charge is 0.332 e. The molecule has 3 rings (SSSR count). The maximum Gasteiger partial charge on any atom is 0.332 e. The zero-order chi connectivity index (χ0) is 17.4. The molecule has 0 aliphatic carbocycles. The number of anilines is 1. The highest BCUT2D eigenvalue weighted by atomic mass is 35.5. The van der Waals surface area contributed by atoms with Crippen molar-refractivity contribution in [3.8, 4) is 11.8 Å². The maximum absolute atomic E-state index is 12.1. The molecule has 1 aromatic heterocycles. The highest BCUT2D eigenvalue weighted by molar-refractivity contribution is 6.30. The van der Waals surface area contributed by atoms with E-state index in [4.69, 9.17) is 16.3 Å². The van der Waals surface area contributed by atoms with Gasteiger partial charge in [-0.1, -0.05) is 11.6 Å². The van der Waals surface area contributed by atoms with Crippen LogP contribution in [0.15, 0.2) is 21.7 Å². The molecule has 0 saturated carbocycles. The van der Waals surface area contributed by atoms with Crippen LogP contribution in [0.4, 0.5) is 5.82 Å². The number of ether oxygens (including phenoxy) is 1. The summed E-state index contributed by atoms with van der Waals surface area (Å²) in [5, 5.41) is 12.9. The number of nitrogens with one attached hydrogen (secondary N) is 1. The first kappa shape index (κ1) is 16.1. The van der Waals surface area contributed by atoms with E-state index in [0.717, 1.165) is 27.9 Å². The number of halogens is 1. The molecular formula is C16H15ClN4O3. The first-order chi connectivity index (χ1) is 11.4. The van der Waals surface area contributed by atoms with Crippen molar-refractivity contribution in [3.63, 3.8) is 0 Å². The van der Waals surface area contributed by atoms with Crippen LogP contribution in [-0.2, 0) is 27.1 Å². The molecule has 0 spiro atoms. The first-order valence-corrected chi connectivity index (χ1v) is 7.70. The monoisotopic (exact) mass is 346 g/mol. The molecule has 124 valence electrons. The van der Waals surface area contributed by atoms with Gasteiger partial charge in [0.05, 0.1) is 6.61 Å². The standard InChI is InChI=1S/C16H15ClN4O3/c1-20-14(12(7-18)15(22)21(2)16(20)23)19-8-10-6-11(17)5-9-3-4-24-13(9)10/h5-6,19H,3-4,8H2,1-2H3. The number of hydrogen-bond acceptors (Lipinski definition) is 5. The Hall–Kier alpha value is -2.72. The zero-order valence-electron chi connectivity index (χ0n) is 13.2. The Kier molecular flexibility index (Phi) is 4.08. The molecule has 8 heteroatoms. The summed E-state index contributed by atoms with van der Waals surface area (Å²) in [7, 11) is 2.84. The number of nitriles is 1.